The highest BCUT2D eigenvalue weighted by Crippen LogP contribution is 2.23. The van der Waals surface area contributed by atoms with Gasteiger partial charge < -0.3 is 0 Å². The molecule has 0 fully saturated rings. The number of nitrogens with zero attached hydrogens (tertiary/aromatic N) is 2. The molecule has 0 saturated heterocycles. The van der Waals surface area contributed by atoms with Crippen molar-refractivity contribution >= 4 is 28.3 Å². The first kappa shape index (κ1) is 15.9. The smallest absolute Gasteiger partial charge is 0.195 e. The third-order valence-corrected chi connectivity index (χ3v) is 4.13. The number of carbonyl (C=O) groups excluding carboxylic acids is 1. The minimum atomic E-state index is -0.0703. The van der Waals surface area contributed by atoms with Crippen molar-refractivity contribution in [2.75, 3.05) is 0 Å². The number of hydrogen-bond acceptors (Lipinski definition) is 3. The van der Waals surface area contributed by atoms with Crippen LogP contribution in [0.1, 0.15) is 21.7 Å². The Labute approximate surface area is 151 Å². The van der Waals surface area contributed by atoms with Gasteiger partial charge in [-0.1, -0.05) is 60.7 Å². The summed E-state index contributed by atoms with van der Waals surface area (Å²) in [5, 5.41) is 1.04. The zero-order valence-electron chi connectivity index (χ0n) is 14.0. The second-order valence-corrected chi connectivity index (χ2v) is 5.90. The molecule has 0 radical (unpaired) electrons. The van der Waals surface area contributed by atoms with Crippen LogP contribution in [-0.2, 0) is 0 Å². The summed E-state index contributed by atoms with van der Waals surface area (Å²) in [5.41, 5.74) is 3.38. The molecule has 0 atom stereocenters. The van der Waals surface area contributed by atoms with Gasteiger partial charge in [0.25, 0.3) is 0 Å². The van der Waals surface area contributed by atoms with Crippen molar-refractivity contribution in [3.8, 4) is 0 Å². The van der Waals surface area contributed by atoms with Crippen LogP contribution in [0, 0.1) is 0 Å². The fraction of sp³-hybridized carbons (Fsp3) is 0. The van der Waals surface area contributed by atoms with Gasteiger partial charge in [-0.2, -0.15) is 0 Å². The minimum Gasteiger partial charge on any atom is -0.289 e. The number of aromatic nitrogens is 2. The molecular weight excluding hydrogens is 320 g/mol. The van der Waals surface area contributed by atoms with Crippen molar-refractivity contribution in [1.29, 1.82) is 0 Å². The van der Waals surface area contributed by atoms with E-state index in [0.29, 0.717) is 16.8 Å². The molecule has 124 valence electrons. The Morgan fingerprint density at radius 3 is 2.35 bits per heavy atom. The maximum atomic E-state index is 13.1. The molecule has 3 heteroatoms. The summed E-state index contributed by atoms with van der Waals surface area (Å²) < 4.78 is 0. The Balaban J connectivity index is 1.87. The van der Waals surface area contributed by atoms with Gasteiger partial charge in [0.1, 0.15) is 0 Å². The molecule has 0 saturated carbocycles. The predicted molar refractivity (Wildman–Crippen MR) is 105 cm³/mol. The standard InChI is InChI=1S/C23H16N2O/c26-23(18-9-2-1-3-10-18)20(16-19-11-6-7-15-24-19)22-14-13-17-8-4-5-12-21(17)25-22/h1-16H. The lowest BCUT2D eigenvalue weighted by atomic mass is 9.98. The Hall–Kier alpha value is -3.59. The molecule has 0 N–H and O–H groups in total. The van der Waals surface area contributed by atoms with Gasteiger partial charge in [-0.05, 0) is 30.3 Å². The second kappa shape index (κ2) is 7.11. The first-order chi connectivity index (χ1) is 12.8. The second-order valence-electron chi connectivity index (χ2n) is 5.90. The molecule has 0 aliphatic rings. The summed E-state index contributed by atoms with van der Waals surface area (Å²) in [7, 11) is 0. The van der Waals surface area contributed by atoms with Crippen molar-refractivity contribution in [1.82, 2.24) is 9.97 Å². The number of fused-ring (bicyclic) bond motifs is 1. The lowest BCUT2D eigenvalue weighted by molar-refractivity contribution is 0.105. The molecular formula is C23H16N2O. The zero-order chi connectivity index (χ0) is 17.8. The Kier molecular flexibility index (Phi) is 4.35. The molecule has 3 nitrogen and oxygen atoms in total. The average molecular weight is 336 g/mol. The monoisotopic (exact) mass is 336 g/mol. The molecule has 2 aromatic carbocycles. The summed E-state index contributed by atoms with van der Waals surface area (Å²) in [5.74, 6) is -0.0703. The van der Waals surface area contributed by atoms with E-state index in [1.165, 1.54) is 0 Å². The highest BCUT2D eigenvalue weighted by Gasteiger charge is 2.16. The molecule has 2 aromatic heterocycles. The van der Waals surface area contributed by atoms with E-state index in [0.717, 1.165) is 16.6 Å². The molecule has 2 heterocycles. The number of ketones is 1. The van der Waals surface area contributed by atoms with Gasteiger partial charge in [-0.3, -0.25) is 9.78 Å². The largest absolute Gasteiger partial charge is 0.289 e. The lowest BCUT2D eigenvalue weighted by Gasteiger charge is -2.08. The summed E-state index contributed by atoms with van der Waals surface area (Å²) >= 11 is 0. The van der Waals surface area contributed by atoms with Gasteiger partial charge >= 0.3 is 0 Å². The first-order valence-corrected chi connectivity index (χ1v) is 8.40. The normalized spacial score (nSPS) is 11.5. The zero-order valence-corrected chi connectivity index (χ0v) is 14.0. The van der Waals surface area contributed by atoms with Gasteiger partial charge in [0, 0.05) is 17.1 Å². The fourth-order valence-electron chi connectivity index (χ4n) is 2.83. The van der Waals surface area contributed by atoms with Crippen LogP contribution in [-0.4, -0.2) is 15.8 Å². The van der Waals surface area contributed by atoms with Crippen LogP contribution >= 0.6 is 0 Å². The van der Waals surface area contributed by atoms with Gasteiger partial charge in [0.2, 0.25) is 0 Å². The van der Waals surface area contributed by atoms with E-state index in [1.54, 1.807) is 12.3 Å². The summed E-state index contributed by atoms with van der Waals surface area (Å²) in [4.78, 5) is 22.2. The lowest BCUT2D eigenvalue weighted by Crippen LogP contribution is -2.04. The highest BCUT2D eigenvalue weighted by atomic mass is 16.1. The van der Waals surface area contributed by atoms with E-state index in [-0.39, 0.29) is 5.78 Å². The van der Waals surface area contributed by atoms with Crippen molar-refractivity contribution in [3.63, 3.8) is 0 Å². The van der Waals surface area contributed by atoms with E-state index in [2.05, 4.69) is 4.98 Å². The third kappa shape index (κ3) is 3.28. The molecule has 0 aliphatic heterocycles. The number of para-hydroxylation sites is 1. The maximum Gasteiger partial charge on any atom is 0.195 e. The summed E-state index contributed by atoms with van der Waals surface area (Å²) in [6, 6.07) is 26.6. The average Bonchev–Trinajstić information content (AvgIpc) is 2.72. The van der Waals surface area contributed by atoms with Crippen LogP contribution < -0.4 is 0 Å². The molecule has 4 aromatic rings. The Bertz CT molecular complexity index is 1090. The predicted octanol–water partition coefficient (Wildman–Crippen LogP) is 5.05. The third-order valence-electron chi connectivity index (χ3n) is 4.13. The van der Waals surface area contributed by atoms with E-state index in [4.69, 9.17) is 4.98 Å². The van der Waals surface area contributed by atoms with Crippen LogP contribution in [0.5, 0.6) is 0 Å². The number of hydrogen-bond donors (Lipinski definition) is 0. The molecule has 4 rings (SSSR count). The first-order valence-electron chi connectivity index (χ1n) is 8.40. The van der Waals surface area contributed by atoms with Crippen LogP contribution in [0.25, 0.3) is 22.6 Å². The van der Waals surface area contributed by atoms with Gasteiger partial charge in [0.15, 0.2) is 5.78 Å². The van der Waals surface area contributed by atoms with Gasteiger partial charge in [-0.25, -0.2) is 4.98 Å². The molecule has 0 unspecified atom stereocenters. The number of pyridine rings is 2. The molecule has 0 spiro atoms. The minimum absolute atomic E-state index is 0.0703. The highest BCUT2D eigenvalue weighted by molar-refractivity contribution is 6.32. The van der Waals surface area contributed by atoms with Crippen molar-refractivity contribution < 1.29 is 4.79 Å². The number of rotatable bonds is 4. The summed E-state index contributed by atoms with van der Waals surface area (Å²) in [6.07, 6.45) is 3.51. The van der Waals surface area contributed by atoms with E-state index >= 15 is 0 Å². The van der Waals surface area contributed by atoms with E-state index in [9.17, 15) is 4.79 Å². The molecule has 0 bridgehead atoms. The summed E-state index contributed by atoms with van der Waals surface area (Å²) in [6.45, 7) is 0. The van der Waals surface area contributed by atoms with Crippen LogP contribution in [0.15, 0.2) is 91.1 Å². The fourth-order valence-corrected chi connectivity index (χ4v) is 2.83. The molecule has 0 amide bonds. The van der Waals surface area contributed by atoms with Crippen molar-refractivity contribution in [2.24, 2.45) is 0 Å². The van der Waals surface area contributed by atoms with Gasteiger partial charge in [0.05, 0.1) is 22.5 Å². The maximum absolute atomic E-state index is 13.1. The quantitative estimate of drug-likeness (QED) is 0.387. The Morgan fingerprint density at radius 2 is 1.54 bits per heavy atom. The number of benzene rings is 2. The van der Waals surface area contributed by atoms with Crippen LogP contribution in [0.2, 0.25) is 0 Å². The molecule has 0 aliphatic carbocycles. The van der Waals surface area contributed by atoms with Crippen molar-refractivity contribution in [2.45, 2.75) is 0 Å². The Morgan fingerprint density at radius 1 is 0.769 bits per heavy atom. The van der Waals surface area contributed by atoms with Gasteiger partial charge in [-0.15, -0.1) is 0 Å². The topological polar surface area (TPSA) is 42.9 Å². The van der Waals surface area contributed by atoms with Crippen molar-refractivity contribution in [3.05, 3.63) is 108 Å². The van der Waals surface area contributed by atoms with Crippen LogP contribution in [0.3, 0.4) is 0 Å². The van der Waals surface area contributed by atoms with E-state index in [1.807, 2.05) is 84.9 Å². The number of carbonyl (C=O) groups is 1. The SMILES string of the molecule is O=C(C(=Cc1ccccn1)c1ccc2ccccc2n1)c1ccccc1. The van der Waals surface area contributed by atoms with Crippen LogP contribution in [0.4, 0.5) is 0 Å². The van der Waals surface area contributed by atoms with E-state index < -0.39 is 0 Å². The molecule has 26 heavy (non-hydrogen) atoms. The number of allylic oxidation sites excluding steroid dienone is 1. The number of Topliss-reactive ketones (excluding diaryl/α,β-unsaturated/α-hetero) is 1.